The Bertz CT molecular complexity index is 609. The van der Waals surface area contributed by atoms with Crippen LogP contribution >= 0.6 is 0 Å². The average Bonchev–Trinajstić information content (AvgIpc) is 2.96. The van der Waals surface area contributed by atoms with E-state index in [0.29, 0.717) is 17.2 Å². The summed E-state index contributed by atoms with van der Waals surface area (Å²) in [6.45, 7) is 6.25. The van der Waals surface area contributed by atoms with Crippen LogP contribution in [-0.2, 0) is 14.0 Å². The summed E-state index contributed by atoms with van der Waals surface area (Å²) in [4.78, 5) is 11.5. The van der Waals surface area contributed by atoms with E-state index in [1.54, 1.807) is 27.4 Å². The fourth-order valence-electron chi connectivity index (χ4n) is 2.52. The molecule has 2 rings (SSSR count). The van der Waals surface area contributed by atoms with Crippen molar-refractivity contribution in [2.75, 3.05) is 21.3 Å². The first kappa shape index (κ1) is 18.3. The summed E-state index contributed by atoms with van der Waals surface area (Å²) in [5.74, 6) is 1.21. The molecule has 6 nitrogen and oxygen atoms in total. The van der Waals surface area contributed by atoms with Crippen molar-refractivity contribution < 1.29 is 28.2 Å². The average molecular weight is 352 g/mol. The number of rotatable bonds is 7. The lowest BCUT2D eigenvalue weighted by Gasteiger charge is -2.30. The second kappa shape index (κ2) is 7.27. The number of carbonyl (C=O) groups is 1. The van der Waals surface area contributed by atoms with Crippen LogP contribution in [0.2, 0.25) is 19.6 Å². The van der Waals surface area contributed by atoms with Gasteiger partial charge in [0.05, 0.1) is 21.3 Å². The molecular weight excluding hydrogens is 328 g/mol. The van der Waals surface area contributed by atoms with Gasteiger partial charge in [-0.25, -0.2) is 4.79 Å². The van der Waals surface area contributed by atoms with Crippen LogP contribution in [0.3, 0.4) is 0 Å². The minimum atomic E-state index is -1.91. The fraction of sp³-hybridized carbons (Fsp3) is 0.471. The molecule has 1 heterocycles. The first-order valence-electron chi connectivity index (χ1n) is 7.65. The molecule has 1 aliphatic rings. The summed E-state index contributed by atoms with van der Waals surface area (Å²) in [6.07, 6.45) is 2.22. The lowest BCUT2D eigenvalue weighted by atomic mass is 10.0. The van der Waals surface area contributed by atoms with E-state index >= 15 is 0 Å². The summed E-state index contributed by atoms with van der Waals surface area (Å²) >= 11 is 0. The van der Waals surface area contributed by atoms with Crippen molar-refractivity contribution in [3.05, 3.63) is 29.8 Å². The monoisotopic (exact) mass is 352 g/mol. The van der Waals surface area contributed by atoms with E-state index in [4.69, 9.17) is 23.4 Å². The largest absolute Gasteiger partial charge is 0.493 e. The van der Waals surface area contributed by atoms with Crippen molar-refractivity contribution in [2.24, 2.45) is 0 Å². The van der Waals surface area contributed by atoms with Crippen molar-refractivity contribution in [1.29, 1.82) is 0 Å². The summed E-state index contributed by atoms with van der Waals surface area (Å²) in [5.41, 5.74) is 0.802. The van der Waals surface area contributed by atoms with E-state index < -0.39 is 20.5 Å². The molecule has 132 valence electrons. The molecule has 0 aromatic heterocycles. The molecule has 0 fully saturated rings. The SMILES string of the molecule is COc1cc([C@H](O[Si](C)(C)C)[C@@H]2C=CC(=O)O2)cc(OC)c1OC. The number of methoxy groups -OCH3 is 3. The Hall–Kier alpha value is -1.99. The Kier molecular flexibility index (Phi) is 5.56. The zero-order chi connectivity index (χ0) is 17.9. The summed E-state index contributed by atoms with van der Waals surface area (Å²) in [5, 5.41) is 0. The molecule has 0 unspecified atom stereocenters. The van der Waals surface area contributed by atoms with Crippen LogP contribution in [0.15, 0.2) is 24.3 Å². The highest BCUT2D eigenvalue weighted by atomic mass is 28.4. The van der Waals surface area contributed by atoms with Gasteiger partial charge in [-0.05, 0) is 43.4 Å². The van der Waals surface area contributed by atoms with Crippen molar-refractivity contribution in [3.8, 4) is 17.2 Å². The number of ether oxygens (including phenoxy) is 4. The van der Waals surface area contributed by atoms with Gasteiger partial charge in [0.25, 0.3) is 0 Å². The molecular formula is C17H24O6Si. The van der Waals surface area contributed by atoms with Crippen LogP contribution in [0, 0.1) is 0 Å². The Morgan fingerprint density at radius 2 is 1.62 bits per heavy atom. The van der Waals surface area contributed by atoms with Crippen molar-refractivity contribution in [2.45, 2.75) is 31.8 Å². The highest BCUT2D eigenvalue weighted by molar-refractivity contribution is 6.69. The van der Waals surface area contributed by atoms with Gasteiger partial charge in [0.2, 0.25) is 5.75 Å². The van der Waals surface area contributed by atoms with E-state index in [9.17, 15) is 4.79 Å². The maximum Gasteiger partial charge on any atom is 0.331 e. The molecule has 0 saturated carbocycles. The van der Waals surface area contributed by atoms with E-state index in [2.05, 4.69) is 19.6 Å². The highest BCUT2D eigenvalue weighted by Crippen LogP contribution is 2.42. The molecule has 1 aromatic rings. The van der Waals surface area contributed by atoms with Crippen LogP contribution in [0.5, 0.6) is 17.2 Å². The molecule has 0 spiro atoms. The second-order valence-corrected chi connectivity index (χ2v) is 10.8. The van der Waals surface area contributed by atoms with Gasteiger partial charge < -0.3 is 23.4 Å². The molecule has 2 atom stereocenters. The molecule has 0 saturated heterocycles. The quantitative estimate of drug-likeness (QED) is 0.555. The van der Waals surface area contributed by atoms with Gasteiger partial charge in [0, 0.05) is 6.08 Å². The van der Waals surface area contributed by atoms with Gasteiger partial charge in [-0.1, -0.05) is 0 Å². The first-order valence-corrected chi connectivity index (χ1v) is 11.1. The molecule has 1 aromatic carbocycles. The Morgan fingerprint density at radius 3 is 2.00 bits per heavy atom. The predicted octanol–water partition coefficient (Wildman–Crippen LogP) is 3.09. The van der Waals surface area contributed by atoms with Crippen LogP contribution in [0.4, 0.5) is 0 Å². The Balaban J connectivity index is 2.49. The molecule has 0 amide bonds. The highest BCUT2D eigenvalue weighted by Gasteiger charge is 2.34. The Morgan fingerprint density at radius 1 is 1.04 bits per heavy atom. The van der Waals surface area contributed by atoms with Crippen molar-refractivity contribution in [3.63, 3.8) is 0 Å². The van der Waals surface area contributed by atoms with Crippen LogP contribution in [0.1, 0.15) is 11.7 Å². The van der Waals surface area contributed by atoms with E-state index in [-0.39, 0.29) is 5.97 Å². The van der Waals surface area contributed by atoms with E-state index in [1.807, 2.05) is 12.1 Å². The zero-order valence-electron chi connectivity index (χ0n) is 14.9. The fourth-order valence-corrected chi connectivity index (χ4v) is 3.55. The van der Waals surface area contributed by atoms with Gasteiger partial charge in [-0.15, -0.1) is 0 Å². The molecule has 0 aliphatic carbocycles. The zero-order valence-corrected chi connectivity index (χ0v) is 15.9. The van der Waals surface area contributed by atoms with Gasteiger partial charge in [0.1, 0.15) is 12.2 Å². The minimum absolute atomic E-state index is 0.364. The first-order chi connectivity index (χ1) is 11.3. The standard InChI is InChI=1S/C17H24O6Si/c1-19-13-9-11(10-14(20-2)17(13)21-3)16(23-24(4,5)6)12-7-8-15(18)22-12/h7-10,12,16H,1-6H3/t12-,16-/m0/s1. The van der Waals surface area contributed by atoms with E-state index in [0.717, 1.165) is 5.56 Å². The Labute approximate surface area is 143 Å². The van der Waals surface area contributed by atoms with Gasteiger partial charge >= 0.3 is 5.97 Å². The smallest absolute Gasteiger partial charge is 0.331 e. The second-order valence-electron chi connectivity index (χ2n) is 6.37. The number of hydrogen-bond acceptors (Lipinski definition) is 6. The van der Waals surface area contributed by atoms with Crippen molar-refractivity contribution in [1.82, 2.24) is 0 Å². The van der Waals surface area contributed by atoms with Crippen LogP contribution < -0.4 is 14.2 Å². The molecule has 1 aliphatic heterocycles. The lowest BCUT2D eigenvalue weighted by Crippen LogP contribution is -2.33. The molecule has 7 heteroatoms. The third kappa shape index (κ3) is 4.10. The minimum Gasteiger partial charge on any atom is -0.493 e. The van der Waals surface area contributed by atoms with Gasteiger partial charge in [0.15, 0.2) is 19.8 Å². The number of esters is 1. The van der Waals surface area contributed by atoms with Crippen LogP contribution in [0.25, 0.3) is 0 Å². The molecule has 0 radical (unpaired) electrons. The number of carbonyl (C=O) groups excluding carboxylic acids is 1. The third-order valence-electron chi connectivity index (χ3n) is 3.47. The molecule has 0 N–H and O–H groups in total. The summed E-state index contributed by atoms with van der Waals surface area (Å²) in [6, 6.07) is 3.65. The number of benzene rings is 1. The van der Waals surface area contributed by atoms with Crippen molar-refractivity contribution >= 4 is 14.3 Å². The summed E-state index contributed by atoms with van der Waals surface area (Å²) < 4.78 is 27.8. The maximum absolute atomic E-state index is 11.5. The third-order valence-corrected chi connectivity index (χ3v) is 4.43. The summed E-state index contributed by atoms with van der Waals surface area (Å²) in [7, 11) is 2.77. The normalized spacial score (nSPS) is 18.2. The lowest BCUT2D eigenvalue weighted by molar-refractivity contribution is -0.142. The topological polar surface area (TPSA) is 63.2 Å². The molecule has 24 heavy (non-hydrogen) atoms. The van der Waals surface area contributed by atoms with Crippen LogP contribution in [-0.4, -0.2) is 41.7 Å². The van der Waals surface area contributed by atoms with Gasteiger partial charge in [-0.3, -0.25) is 0 Å². The van der Waals surface area contributed by atoms with E-state index in [1.165, 1.54) is 6.08 Å². The predicted molar refractivity (Wildman–Crippen MR) is 92.3 cm³/mol. The molecule has 0 bridgehead atoms. The number of hydrogen-bond donors (Lipinski definition) is 0. The number of cyclic esters (lactones) is 1. The van der Waals surface area contributed by atoms with Gasteiger partial charge in [-0.2, -0.15) is 0 Å². The maximum atomic E-state index is 11.5.